The van der Waals surface area contributed by atoms with Crippen molar-refractivity contribution in [1.29, 1.82) is 0 Å². The van der Waals surface area contributed by atoms with Gasteiger partial charge in [0.25, 0.3) is 5.91 Å². The topological polar surface area (TPSA) is 47.6 Å². The summed E-state index contributed by atoms with van der Waals surface area (Å²) in [6.07, 6.45) is -36.0. The van der Waals surface area contributed by atoms with Crippen molar-refractivity contribution in [3.05, 3.63) is 0 Å². The lowest BCUT2D eigenvalue weighted by Gasteiger charge is -2.40. The normalized spacial score (nSPS) is 17.6. The van der Waals surface area contributed by atoms with Crippen LogP contribution in [0.5, 0.6) is 0 Å². The highest BCUT2D eigenvalue weighted by Crippen LogP contribution is 2.56. The average Bonchev–Trinajstić information content (AvgIpc) is 2.69. The van der Waals surface area contributed by atoms with Crippen LogP contribution in [0.3, 0.4) is 0 Å². The maximum atomic E-state index is 14.3. The van der Waals surface area contributed by atoms with E-state index in [1.54, 1.807) is 6.92 Å². The van der Waals surface area contributed by atoms with Gasteiger partial charge in [-0.1, -0.05) is 39.0 Å². The number of unbranched alkanes of at least 4 members (excludes halogenated alkanes) is 5. The minimum absolute atomic E-state index is 0.139. The Hall–Kier alpha value is -1.80. The highest BCUT2D eigenvalue weighted by Gasteiger charge is 2.85. The number of halogens is 17. The van der Waals surface area contributed by atoms with Crippen molar-refractivity contribution in [3.8, 4) is 0 Å². The second-order valence-electron chi connectivity index (χ2n) is 7.52. The number of hydrogen-bond donors (Lipinski definition) is 1. The summed E-state index contributed by atoms with van der Waals surface area (Å²) in [7, 11) is 0. The first-order valence-corrected chi connectivity index (χ1v) is 10.0. The number of amides is 1. The summed E-state index contributed by atoms with van der Waals surface area (Å²) in [5.74, 6) is -25.9. The molecule has 0 saturated carbocycles. The fourth-order valence-electron chi connectivity index (χ4n) is 2.38. The maximum absolute atomic E-state index is 14.3. The fourth-order valence-corrected chi connectivity index (χ4v) is 2.38. The molecule has 0 aromatic carbocycles. The van der Waals surface area contributed by atoms with E-state index in [1.165, 1.54) is 4.74 Å². The van der Waals surface area contributed by atoms with Gasteiger partial charge in [0.1, 0.15) is 0 Å². The highest BCUT2D eigenvalue weighted by molar-refractivity contribution is 5.84. The van der Waals surface area contributed by atoms with Gasteiger partial charge in [0, 0.05) is 6.54 Å². The standard InChI is InChI=1S/C17H18F17NO3/c1-2-3-4-5-6-7-8-35-9(36)10(18,13(22,23)24)37-17(33,34)12(21,15(28,29)30)38-16(31,32)11(19,20)14(25,26)27/h2-8H2,1H3,(H,35,36)/t10-,12+/m0/s1. The third kappa shape index (κ3) is 7.65. The van der Waals surface area contributed by atoms with Crippen LogP contribution in [0.4, 0.5) is 74.6 Å². The van der Waals surface area contributed by atoms with Crippen molar-refractivity contribution < 1.29 is 88.9 Å². The van der Waals surface area contributed by atoms with Crippen LogP contribution < -0.4 is 5.32 Å². The third-order valence-corrected chi connectivity index (χ3v) is 4.47. The molecule has 0 aliphatic heterocycles. The number of carbonyl (C=O) groups is 1. The first kappa shape index (κ1) is 36.2. The van der Waals surface area contributed by atoms with Crippen LogP contribution in [0.15, 0.2) is 0 Å². The molecule has 0 aromatic heterocycles. The number of hydrogen-bond acceptors (Lipinski definition) is 3. The van der Waals surface area contributed by atoms with Crippen molar-refractivity contribution in [1.82, 2.24) is 5.32 Å². The van der Waals surface area contributed by atoms with Crippen LogP contribution in [0.25, 0.3) is 0 Å². The average molecular weight is 607 g/mol. The Labute approximate surface area is 201 Å². The molecule has 0 aliphatic carbocycles. The van der Waals surface area contributed by atoms with Gasteiger partial charge >= 0.3 is 48.4 Å². The molecule has 38 heavy (non-hydrogen) atoms. The van der Waals surface area contributed by atoms with Gasteiger partial charge in [0.05, 0.1) is 0 Å². The number of carbonyl (C=O) groups excluding carboxylic acids is 1. The molecule has 0 radical (unpaired) electrons. The Morgan fingerprint density at radius 1 is 0.579 bits per heavy atom. The van der Waals surface area contributed by atoms with Gasteiger partial charge in [0.2, 0.25) is 0 Å². The van der Waals surface area contributed by atoms with Crippen molar-refractivity contribution in [3.63, 3.8) is 0 Å². The summed E-state index contributed by atoms with van der Waals surface area (Å²) in [6, 6.07) is 0. The van der Waals surface area contributed by atoms with E-state index in [-0.39, 0.29) is 12.8 Å². The molecule has 0 spiro atoms. The Bertz CT molecular complexity index is 779. The summed E-state index contributed by atoms with van der Waals surface area (Å²) >= 11 is 0. The number of nitrogens with one attached hydrogen (secondary N) is 1. The van der Waals surface area contributed by atoms with Gasteiger partial charge < -0.3 is 5.32 Å². The Morgan fingerprint density at radius 2 is 1.03 bits per heavy atom. The highest BCUT2D eigenvalue weighted by atomic mass is 19.4. The lowest BCUT2D eigenvalue weighted by atomic mass is 10.1. The second kappa shape index (κ2) is 11.7. The summed E-state index contributed by atoms with van der Waals surface area (Å²) in [4.78, 5) is 11.6. The monoisotopic (exact) mass is 607 g/mol. The van der Waals surface area contributed by atoms with E-state index >= 15 is 0 Å². The van der Waals surface area contributed by atoms with Crippen molar-refractivity contribution in [2.45, 2.75) is 93.8 Å². The van der Waals surface area contributed by atoms with Crippen LogP contribution in [-0.2, 0) is 14.3 Å². The van der Waals surface area contributed by atoms with E-state index in [1.807, 2.05) is 4.74 Å². The molecule has 0 rings (SSSR count). The quantitative estimate of drug-likeness (QED) is 0.166. The molecule has 1 amide bonds. The van der Waals surface area contributed by atoms with Gasteiger partial charge in [-0.3, -0.25) is 14.3 Å². The van der Waals surface area contributed by atoms with Crippen molar-refractivity contribution >= 4 is 5.91 Å². The molecule has 4 nitrogen and oxygen atoms in total. The molecule has 1 N–H and O–H groups in total. The molecule has 228 valence electrons. The van der Waals surface area contributed by atoms with Gasteiger partial charge in [-0.2, -0.15) is 74.6 Å². The van der Waals surface area contributed by atoms with E-state index in [0.717, 1.165) is 11.7 Å². The van der Waals surface area contributed by atoms with Crippen LogP contribution >= 0.6 is 0 Å². The molecule has 0 unspecified atom stereocenters. The van der Waals surface area contributed by atoms with Crippen LogP contribution in [0, 0.1) is 0 Å². The minimum atomic E-state index is -8.01. The van der Waals surface area contributed by atoms with Gasteiger partial charge in [-0.15, -0.1) is 0 Å². The Morgan fingerprint density at radius 3 is 1.42 bits per heavy atom. The summed E-state index contributed by atoms with van der Waals surface area (Å²) in [5, 5.41) is 0.972. The number of rotatable bonds is 14. The Balaban J connectivity index is 6.22. The smallest absolute Gasteiger partial charge is 0.351 e. The van der Waals surface area contributed by atoms with E-state index in [0.29, 0.717) is 19.3 Å². The Kier molecular flexibility index (Phi) is 11.2. The van der Waals surface area contributed by atoms with E-state index in [2.05, 4.69) is 0 Å². The van der Waals surface area contributed by atoms with Gasteiger partial charge in [-0.05, 0) is 6.42 Å². The largest absolute Gasteiger partial charge is 0.462 e. The van der Waals surface area contributed by atoms with E-state index in [4.69, 9.17) is 0 Å². The SMILES string of the molecule is CCCCCCCCNC(=O)[C@](F)(OC(F)(F)[C@](F)(OC(F)(F)C(F)(F)C(F)(F)F)C(F)(F)F)C(F)(F)F. The molecule has 2 atom stereocenters. The maximum Gasteiger partial charge on any atom is 0.462 e. The number of alkyl halides is 17. The zero-order valence-corrected chi connectivity index (χ0v) is 18.6. The summed E-state index contributed by atoms with van der Waals surface area (Å²) < 4.78 is 225. The molecule has 0 fully saturated rings. The lowest BCUT2D eigenvalue weighted by molar-refractivity contribution is -0.548. The van der Waals surface area contributed by atoms with E-state index in [9.17, 15) is 79.4 Å². The summed E-state index contributed by atoms with van der Waals surface area (Å²) in [5.41, 5.74) is 0. The third-order valence-electron chi connectivity index (χ3n) is 4.47. The predicted octanol–water partition coefficient (Wildman–Crippen LogP) is 7.34. The van der Waals surface area contributed by atoms with Crippen LogP contribution in [-0.4, -0.2) is 60.8 Å². The van der Waals surface area contributed by atoms with Crippen molar-refractivity contribution in [2.75, 3.05) is 6.54 Å². The predicted molar refractivity (Wildman–Crippen MR) is 89.2 cm³/mol. The lowest BCUT2D eigenvalue weighted by Crippen LogP contribution is -2.68. The second-order valence-corrected chi connectivity index (χ2v) is 7.52. The first-order valence-electron chi connectivity index (χ1n) is 10.0. The summed E-state index contributed by atoms with van der Waals surface area (Å²) in [6.45, 7) is 0.834. The molecule has 0 aliphatic rings. The van der Waals surface area contributed by atoms with Crippen molar-refractivity contribution in [2.24, 2.45) is 0 Å². The molecule has 21 heteroatoms. The van der Waals surface area contributed by atoms with Gasteiger partial charge in [0.15, 0.2) is 0 Å². The zero-order valence-electron chi connectivity index (χ0n) is 18.6. The molecule has 0 saturated heterocycles. The van der Waals surface area contributed by atoms with Crippen LogP contribution in [0.1, 0.15) is 45.4 Å². The molecule has 0 heterocycles. The molecule has 0 bridgehead atoms. The molecular formula is C17H18F17NO3. The van der Waals surface area contributed by atoms with Crippen LogP contribution in [0.2, 0.25) is 0 Å². The number of ether oxygens (including phenoxy) is 2. The molecule has 0 aromatic rings. The molecular weight excluding hydrogens is 589 g/mol. The van der Waals surface area contributed by atoms with Gasteiger partial charge in [-0.25, -0.2) is 0 Å². The fraction of sp³-hybridized carbons (Fsp3) is 0.941. The van der Waals surface area contributed by atoms with E-state index < -0.39 is 60.8 Å². The zero-order chi connectivity index (χ0) is 30.6. The minimum Gasteiger partial charge on any atom is -0.351 e. The first-order chi connectivity index (χ1) is 16.6.